The average Bonchev–Trinajstić information content (AvgIpc) is 3.16. The van der Waals surface area contributed by atoms with Crippen LogP contribution < -0.4 is 10.2 Å². The lowest BCUT2D eigenvalue weighted by atomic mass is 10.2. The number of hydrogen-bond acceptors (Lipinski definition) is 6. The van der Waals surface area contributed by atoms with Gasteiger partial charge in [-0.2, -0.15) is 0 Å². The van der Waals surface area contributed by atoms with Crippen LogP contribution in [0.2, 0.25) is 5.02 Å². The van der Waals surface area contributed by atoms with E-state index in [0.29, 0.717) is 35.6 Å². The van der Waals surface area contributed by atoms with Crippen LogP contribution in [0.15, 0.2) is 59.8 Å². The van der Waals surface area contributed by atoms with Crippen LogP contribution in [0.5, 0.6) is 0 Å². The second-order valence-corrected chi connectivity index (χ2v) is 8.18. The molecule has 0 aliphatic carbocycles. The lowest BCUT2D eigenvalue weighted by molar-refractivity contribution is -0.113. The van der Waals surface area contributed by atoms with Gasteiger partial charge in [0.05, 0.1) is 25.5 Å². The second kappa shape index (κ2) is 9.97. The SMILES string of the molecule is O=C(CSc1nnc(N2CCOCC2)n1Cc1ccccc1)Nc1cccc(Cl)c1. The number of aromatic nitrogens is 3. The molecule has 1 N–H and O–H groups in total. The molecule has 1 amide bonds. The number of thioether (sulfide) groups is 1. The molecule has 9 heteroatoms. The highest BCUT2D eigenvalue weighted by Crippen LogP contribution is 2.24. The van der Waals surface area contributed by atoms with Crippen LogP contribution in [-0.2, 0) is 16.1 Å². The minimum Gasteiger partial charge on any atom is -0.378 e. The summed E-state index contributed by atoms with van der Waals surface area (Å²) < 4.78 is 7.53. The molecule has 0 radical (unpaired) electrons. The molecule has 0 spiro atoms. The highest BCUT2D eigenvalue weighted by Gasteiger charge is 2.21. The summed E-state index contributed by atoms with van der Waals surface area (Å²) in [4.78, 5) is 14.6. The summed E-state index contributed by atoms with van der Waals surface area (Å²) in [6, 6.07) is 17.3. The third kappa shape index (κ3) is 5.33. The number of morpholine rings is 1. The van der Waals surface area contributed by atoms with E-state index in [2.05, 4.69) is 37.1 Å². The van der Waals surface area contributed by atoms with Crippen molar-refractivity contribution in [1.82, 2.24) is 14.8 Å². The summed E-state index contributed by atoms with van der Waals surface area (Å²) in [5.74, 6) is 0.909. The largest absolute Gasteiger partial charge is 0.378 e. The zero-order valence-corrected chi connectivity index (χ0v) is 17.9. The number of anilines is 2. The van der Waals surface area contributed by atoms with Crippen molar-refractivity contribution in [3.63, 3.8) is 0 Å². The Bertz CT molecular complexity index is 992. The van der Waals surface area contributed by atoms with Gasteiger partial charge in [-0.05, 0) is 23.8 Å². The summed E-state index contributed by atoms with van der Waals surface area (Å²) in [6.45, 7) is 3.52. The average molecular weight is 444 g/mol. The lowest BCUT2D eigenvalue weighted by Crippen LogP contribution is -2.38. The first-order valence-corrected chi connectivity index (χ1v) is 11.0. The number of halogens is 1. The van der Waals surface area contributed by atoms with E-state index in [9.17, 15) is 4.79 Å². The number of nitrogens with zero attached hydrogens (tertiary/aromatic N) is 4. The molecule has 0 bridgehead atoms. The van der Waals surface area contributed by atoms with E-state index >= 15 is 0 Å². The topological polar surface area (TPSA) is 72.3 Å². The van der Waals surface area contributed by atoms with Crippen molar-refractivity contribution in [3.8, 4) is 0 Å². The molecule has 2 aromatic carbocycles. The van der Waals surface area contributed by atoms with E-state index in [1.54, 1.807) is 18.2 Å². The Morgan fingerprint density at radius 2 is 1.90 bits per heavy atom. The number of ether oxygens (including phenoxy) is 1. The van der Waals surface area contributed by atoms with Crippen LogP contribution >= 0.6 is 23.4 Å². The summed E-state index contributed by atoms with van der Waals surface area (Å²) >= 11 is 7.35. The first kappa shape index (κ1) is 20.7. The molecule has 0 unspecified atom stereocenters. The summed E-state index contributed by atoms with van der Waals surface area (Å²) in [6.07, 6.45) is 0. The quantitative estimate of drug-likeness (QED) is 0.563. The molecule has 0 atom stereocenters. The molecule has 4 rings (SSSR count). The molecule has 1 saturated heterocycles. The van der Waals surface area contributed by atoms with E-state index in [4.69, 9.17) is 16.3 Å². The van der Waals surface area contributed by atoms with Gasteiger partial charge in [0.15, 0.2) is 5.16 Å². The number of carbonyl (C=O) groups excluding carboxylic acids is 1. The van der Waals surface area contributed by atoms with E-state index in [0.717, 1.165) is 24.6 Å². The van der Waals surface area contributed by atoms with Gasteiger partial charge in [0.25, 0.3) is 0 Å². The van der Waals surface area contributed by atoms with Gasteiger partial charge in [0.2, 0.25) is 11.9 Å². The van der Waals surface area contributed by atoms with Gasteiger partial charge in [-0.3, -0.25) is 9.36 Å². The molecule has 2 heterocycles. The fourth-order valence-electron chi connectivity index (χ4n) is 3.18. The number of amides is 1. The molecular weight excluding hydrogens is 422 g/mol. The molecule has 1 aliphatic heterocycles. The molecular formula is C21H22ClN5O2S. The van der Waals surface area contributed by atoms with E-state index in [-0.39, 0.29) is 11.7 Å². The zero-order chi connectivity index (χ0) is 20.8. The van der Waals surface area contributed by atoms with Gasteiger partial charge in [0, 0.05) is 23.8 Å². The van der Waals surface area contributed by atoms with Crippen LogP contribution in [-0.4, -0.2) is 52.7 Å². The first-order chi connectivity index (χ1) is 14.7. The van der Waals surface area contributed by atoms with Gasteiger partial charge in [-0.25, -0.2) is 0 Å². The third-order valence-electron chi connectivity index (χ3n) is 4.62. The lowest BCUT2D eigenvalue weighted by Gasteiger charge is -2.28. The van der Waals surface area contributed by atoms with E-state index in [1.165, 1.54) is 11.8 Å². The van der Waals surface area contributed by atoms with Crippen LogP contribution in [0, 0.1) is 0 Å². The second-order valence-electron chi connectivity index (χ2n) is 6.80. The van der Waals surface area contributed by atoms with Crippen molar-refractivity contribution in [2.24, 2.45) is 0 Å². The van der Waals surface area contributed by atoms with Crippen LogP contribution in [0.3, 0.4) is 0 Å². The minimum absolute atomic E-state index is 0.121. The first-order valence-electron chi connectivity index (χ1n) is 9.67. The Balaban J connectivity index is 1.48. The molecule has 1 aromatic heterocycles. The van der Waals surface area contributed by atoms with Gasteiger partial charge in [0.1, 0.15) is 0 Å². The highest BCUT2D eigenvalue weighted by atomic mass is 35.5. The summed E-state index contributed by atoms with van der Waals surface area (Å²) in [5.41, 5.74) is 1.82. The van der Waals surface area contributed by atoms with Gasteiger partial charge in [-0.1, -0.05) is 59.8 Å². The fourth-order valence-corrected chi connectivity index (χ4v) is 4.11. The Kier molecular flexibility index (Phi) is 6.88. The Labute approximate surface area is 184 Å². The molecule has 7 nitrogen and oxygen atoms in total. The van der Waals surface area contributed by atoms with Crippen molar-refractivity contribution in [3.05, 3.63) is 65.2 Å². The summed E-state index contributed by atoms with van der Waals surface area (Å²) in [7, 11) is 0. The fraction of sp³-hybridized carbons (Fsp3) is 0.286. The van der Waals surface area contributed by atoms with Crippen molar-refractivity contribution < 1.29 is 9.53 Å². The number of nitrogens with one attached hydrogen (secondary N) is 1. The molecule has 30 heavy (non-hydrogen) atoms. The maximum absolute atomic E-state index is 12.4. The Hall–Kier alpha value is -2.55. The van der Waals surface area contributed by atoms with Gasteiger partial charge >= 0.3 is 0 Å². The predicted octanol–water partition coefficient (Wildman–Crippen LogP) is 3.55. The standard InChI is InChI=1S/C21H22ClN5O2S/c22-17-7-4-8-18(13-17)23-19(28)15-30-21-25-24-20(26-9-11-29-12-10-26)27(21)14-16-5-2-1-3-6-16/h1-8,13H,9-12,14-15H2,(H,23,28). The molecule has 156 valence electrons. The van der Waals surface area contributed by atoms with Gasteiger partial charge in [-0.15, -0.1) is 10.2 Å². The van der Waals surface area contributed by atoms with Crippen LogP contribution in [0.4, 0.5) is 11.6 Å². The highest BCUT2D eigenvalue weighted by molar-refractivity contribution is 7.99. The predicted molar refractivity (Wildman–Crippen MR) is 119 cm³/mol. The maximum Gasteiger partial charge on any atom is 0.234 e. The number of benzene rings is 2. The van der Waals surface area contributed by atoms with Crippen LogP contribution in [0.1, 0.15) is 5.56 Å². The normalized spacial score (nSPS) is 14.0. The summed E-state index contributed by atoms with van der Waals surface area (Å²) in [5, 5.41) is 13.0. The minimum atomic E-state index is -0.121. The Morgan fingerprint density at radius 1 is 1.10 bits per heavy atom. The van der Waals surface area contributed by atoms with Crippen LogP contribution in [0.25, 0.3) is 0 Å². The third-order valence-corrected chi connectivity index (χ3v) is 5.82. The number of rotatable bonds is 7. The molecule has 1 fully saturated rings. The van der Waals surface area contributed by atoms with Crippen molar-refractivity contribution in [2.45, 2.75) is 11.7 Å². The Morgan fingerprint density at radius 3 is 2.67 bits per heavy atom. The van der Waals surface area contributed by atoms with Crippen molar-refractivity contribution >= 4 is 40.9 Å². The number of hydrogen-bond donors (Lipinski definition) is 1. The van der Waals surface area contributed by atoms with E-state index in [1.807, 2.05) is 24.3 Å². The smallest absolute Gasteiger partial charge is 0.234 e. The van der Waals surface area contributed by atoms with Gasteiger partial charge < -0.3 is 15.0 Å². The maximum atomic E-state index is 12.4. The van der Waals surface area contributed by atoms with Crippen molar-refractivity contribution in [1.29, 1.82) is 0 Å². The number of carbonyl (C=O) groups is 1. The monoisotopic (exact) mass is 443 g/mol. The van der Waals surface area contributed by atoms with E-state index < -0.39 is 0 Å². The molecule has 3 aromatic rings. The van der Waals surface area contributed by atoms with Crippen molar-refractivity contribution in [2.75, 3.05) is 42.3 Å². The molecule has 0 saturated carbocycles. The zero-order valence-electron chi connectivity index (χ0n) is 16.3. The molecule has 1 aliphatic rings.